The molecule has 3 heterocycles. The zero-order valence-electron chi connectivity index (χ0n) is 12.6. The summed E-state index contributed by atoms with van der Waals surface area (Å²) < 4.78 is 11.8. The number of carbonyl (C=O) groups excluding carboxylic acids is 1. The molecule has 1 amide bonds. The van der Waals surface area contributed by atoms with E-state index in [1.54, 1.807) is 0 Å². The number of para-hydroxylation sites is 1. The van der Waals surface area contributed by atoms with Crippen molar-refractivity contribution in [2.45, 2.75) is 18.6 Å². The van der Waals surface area contributed by atoms with Crippen molar-refractivity contribution in [3.05, 3.63) is 29.8 Å². The van der Waals surface area contributed by atoms with Gasteiger partial charge in [0.1, 0.15) is 5.75 Å². The summed E-state index contributed by atoms with van der Waals surface area (Å²) in [6, 6.07) is 7.55. The summed E-state index contributed by atoms with van der Waals surface area (Å²) in [6.07, 6.45) is 1.59. The first kappa shape index (κ1) is 14.0. The maximum absolute atomic E-state index is 13.1. The van der Waals surface area contributed by atoms with E-state index in [0.29, 0.717) is 24.5 Å². The Morgan fingerprint density at radius 2 is 1.82 bits per heavy atom. The highest BCUT2D eigenvalue weighted by atomic mass is 16.5. The van der Waals surface area contributed by atoms with Gasteiger partial charge >= 0.3 is 0 Å². The Morgan fingerprint density at radius 3 is 2.59 bits per heavy atom. The van der Waals surface area contributed by atoms with E-state index in [1.807, 2.05) is 29.3 Å². The summed E-state index contributed by atoms with van der Waals surface area (Å²) in [5.74, 6) is 0.754. The molecule has 0 aliphatic carbocycles. The number of rotatable bonds is 1. The number of hydrazine groups is 1. The van der Waals surface area contributed by atoms with Crippen LogP contribution in [0.15, 0.2) is 24.3 Å². The molecule has 0 saturated carbocycles. The number of hydrogen-bond donors (Lipinski definition) is 1. The second-order valence-electron chi connectivity index (χ2n) is 5.98. The lowest BCUT2D eigenvalue weighted by Crippen LogP contribution is -2.68. The molecule has 3 aliphatic heterocycles. The lowest BCUT2D eigenvalue weighted by molar-refractivity contribution is -0.202. The van der Waals surface area contributed by atoms with Crippen LogP contribution >= 0.6 is 0 Å². The fourth-order valence-electron chi connectivity index (χ4n) is 3.55. The monoisotopic (exact) mass is 303 g/mol. The van der Waals surface area contributed by atoms with E-state index in [-0.39, 0.29) is 5.91 Å². The molecule has 1 N–H and O–H groups in total. The lowest BCUT2D eigenvalue weighted by Gasteiger charge is -2.53. The van der Waals surface area contributed by atoms with E-state index in [0.717, 1.165) is 39.0 Å². The number of piperidine rings is 1. The normalized spacial score (nSPS) is 24.9. The summed E-state index contributed by atoms with van der Waals surface area (Å²) in [5.41, 5.74) is 0.0896. The van der Waals surface area contributed by atoms with Gasteiger partial charge in [-0.3, -0.25) is 4.79 Å². The maximum Gasteiger partial charge on any atom is 0.275 e. The van der Waals surface area contributed by atoms with Crippen LogP contribution in [0.25, 0.3) is 0 Å². The molecule has 0 unspecified atom stereocenters. The maximum atomic E-state index is 13.1. The Balaban J connectivity index is 1.75. The van der Waals surface area contributed by atoms with E-state index in [2.05, 4.69) is 10.3 Å². The van der Waals surface area contributed by atoms with Crippen LogP contribution in [0, 0.1) is 0 Å². The van der Waals surface area contributed by atoms with Gasteiger partial charge in [0.05, 0.1) is 18.8 Å². The van der Waals surface area contributed by atoms with Crippen molar-refractivity contribution in [2.24, 2.45) is 0 Å². The Hall–Kier alpha value is -1.63. The Morgan fingerprint density at radius 1 is 1.09 bits per heavy atom. The van der Waals surface area contributed by atoms with Gasteiger partial charge in [-0.15, -0.1) is 0 Å². The molecule has 118 valence electrons. The highest BCUT2D eigenvalue weighted by Gasteiger charge is 2.50. The zero-order valence-corrected chi connectivity index (χ0v) is 12.6. The largest absolute Gasteiger partial charge is 0.466 e. The molecule has 2 fully saturated rings. The van der Waals surface area contributed by atoms with Crippen molar-refractivity contribution in [1.29, 1.82) is 0 Å². The van der Waals surface area contributed by atoms with Gasteiger partial charge in [-0.25, -0.2) is 10.0 Å². The highest BCUT2D eigenvalue weighted by molar-refractivity contribution is 5.98. The second-order valence-corrected chi connectivity index (χ2v) is 5.98. The predicted octanol–water partition coefficient (Wildman–Crippen LogP) is 0.848. The average molecular weight is 303 g/mol. The number of amides is 1. The fraction of sp³-hybridized carbons (Fsp3) is 0.562. The van der Waals surface area contributed by atoms with Gasteiger partial charge in [-0.05, 0) is 12.1 Å². The van der Waals surface area contributed by atoms with Crippen molar-refractivity contribution < 1.29 is 14.3 Å². The molecule has 4 rings (SSSR count). The van der Waals surface area contributed by atoms with E-state index in [1.165, 1.54) is 0 Å². The molecule has 2 saturated heterocycles. The first-order valence-corrected chi connectivity index (χ1v) is 7.96. The third-order valence-electron chi connectivity index (χ3n) is 4.65. The van der Waals surface area contributed by atoms with E-state index < -0.39 is 5.72 Å². The quantitative estimate of drug-likeness (QED) is 0.833. The number of nitrogens with zero attached hydrogens (tertiary/aromatic N) is 2. The molecule has 6 heteroatoms. The van der Waals surface area contributed by atoms with Gasteiger partial charge in [0.15, 0.2) is 0 Å². The van der Waals surface area contributed by atoms with Gasteiger partial charge in [-0.1, -0.05) is 12.1 Å². The number of hydrogen-bond acceptors (Lipinski definition) is 5. The van der Waals surface area contributed by atoms with Crippen LogP contribution in [0.5, 0.6) is 5.75 Å². The standard InChI is InChI=1S/C16H21N3O3/c20-15-13-3-1-2-4-14(13)22-16(5-7-17-8-6-16)19(15)18-9-11-21-12-10-18/h1-4,17H,5-12H2. The van der Waals surface area contributed by atoms with E-state index >= 15 is 0 Å². The van der Waals surface area contributed by atoms with Crippen molar-refractivity contribution in [3.8, 4) is 5.75 Å². The number of carbonyl (C=O) groups is 1. The van der Waals surface area contributed by atoms with Crippen LogP contribution in [0.1, 0.15) is 23.2 Å². The molecule has 1 spiro atoms. The molecule has 22 heavy (non-hydrogen) atoms. The van der Waals surface area contributed by atoms with Crippen LogP contribution in [-0.4, -0.2) is 61.0 Å². The summed E-state index contributed by atoms with van der Waals surface area (Å²) in [6.45, 7) is 4.48. The van der Waals surface area contributed by atoms with Gasteiger partial charge < -0.3 is 14.8 Å². The molecule has 1 aromatic rings. The SMILES string of the molecule is O=C1c2ccccc2OC2(CCNCC2)N1N1CCOCC1. The van der Waals surface area contributed by atoms with Crippen molar-refractivity contribution in [3.63, 3.8) is 0 Å². The van der Waals surface area contributed by atoms with Crippen LogP contribution in [-0.2, 0) is 4.74 Å². The van der Waals surface area contributed by atoms with Gasteiger partial charge in [0, 0.05) is 39.0 Å². The molecule has 6 nitrogen and oxygen atoms in total. The molecular formula is C16H21N3O3. The number of fused-ring (bicyclic) bond motifs is 1. The summed E-state index contributed by atoms with van der Waals surface area (Å²) in [7, 11) is 0. The minimum Gasteiger partial charge on any atom is -0.466 e. The Kier molecular flexibility index (Phi) is 3.52. The smallest absolute Gasteiger partial charge is 0.275 e. The highest BCUT2D eigenvalue weighted by Crippen LogP contribution is 2.39. The van der Waals surface area contributed by atoms with Gasteiger partial charge in [0.25, 0.3) is 5.91 Å². The molecule has 0 aromatic heterocycles. The van der Waals surface area contributed by atoms with E-state index in [9.17, 15) is 4.79 Å². The van der Waals surface area contributed by atoms with Crippen molar-refractivity contribution >= 4 is 5.91 Å². The number of benzene rings is 1. The van der Waals surface area contributed by atoms with E-state index in [4.69, 9.17) is 9.47 Å². The predicted molar refractivity (Wildman–Crippen MR) is 80.5 cm³/mol. The fourth-order valence-corrected chi connectivity index (χ4v) is 3.55. The number of ether oxygens (including phenoxy) is 2. The molecular weight excluding hydrogens is 282 g/mol. The van der Waals surface area contributed by atoms with Crippen LogP contribution in [0.3, 0.4) is 0 Å². The third-order valence-corrected chi connectivity index (χ3v) is 4.65. The Bertz CT molecular complexity index is 566. The molecule has 0 radical (unpaired) electrons. The summed E-state index contributed by atoms with van der Waals surface area (Å²) in [5, 5.41) is 7.34. The zero-order chi connectivity index (χ0) is 15.0. The molecule has 0 bridgehead atoms. The first-order valence-electron chi connectivity index (χ1n) is 7.96. The average Bonchev–Trinajstić information content (AvgIpc) is 2.57. The van der Waals surface area contributed by atoms with Crippen LogP contribution in [0.2, 0.25) is 0 Å². The van der Waals surface area contributed by atoms with Crippen LogP contribution in [0.4, 0.5) is 0 Å². The van der Waals surface area contributed by atoms with Gasteiger partial charge in [0.2, 0.25) is 5.72 Å². The lowest BCUT2D eigenvalue weighted by atomic mass is 9.97. The molecule has 1 aromatic carbocycles. The second kappa shape index (κ2) is 5.53. The minimum absolute atomic E-state index is 0.0469. The van der Waals surface area contributed by atoms with Crippen LogP contribution < -0.4 is 10.1 Å². The molecule has 3 aliphatic rings. The van der Waals surface area contributed by atoms with Gasteiger partial charge in [-0.2, -0.15) is 0 Å². The molecule has 0 atom stereocenters. The van der Waals surface area contributed by atoms with Crippen molar-refractivity contribution in [1.82, 2.24) is 15.3 Å². The van der Waals surface area contributed by atoms with Crippen molar-refractivity contribution in [2.75, 3.05) is 39.4 Å². The third kappa shape index (κ3) is 2.18. The number of morpholine rings is 1. The summed E-state index contributed by atoms with van der Waals surface area (Å²) >= 11 is 0. The minimum atomic E-state index is -0.561. The summed E-state index contributed by atoms with van der Waals surface area (Å²) in [4.78, 5) is 13.1. The number of nitrogens with one attached hydrogen (secondary N) is 1. The Labute approximate surface area is 129 Å². The topological polar surface area (TPSA) is 54.0 Å². The first-order chi connectivity index (χ1) is 10.8.